The summed E-state index contributed by atoms with van der Waals surface area (Å²) in [6, 6.07) is 15.6. The number of nitrogens with zero attached hydrogens (tertiary/aromatic N) is 2. The highest BCUT2D eigenvalue weighted by Crippen LogP contribution is 2.33. The van der Waals surface area contributed by atoms with Gasteiger partial charge in [0.2, 0.25) is 0 Å². The van der Waals surface area contributed by atoms with E-state index in [4.69, 9.17) is 9.47 Å². The van der Waals surface area contributed by atoms with Crippen molar-refractivity contribution in [3.8, 4) is 5.75 Å². The number of rotatable bonds is 8. The predicted octanol–water partition coefficient (Wildman–Crippen LogP) is 5.50. The fraction of sp³-hybridized carbons (Fsp3) is 0.308. The molecule has 5 nitrogen and oxygen atoms in total. The second-order valence-corrected chi connectivity index (χ2v) is 8.16. The number of carbonyl (C=O) groups excluding carboxylic acids is 1. The number of hydrogen-bond donors (Lipinski definition) is 0. The minimum Gasteiger partial charge on any atom is -0.491 e. The normalized spacial score (nSPS) is 15.8. The van der Waals surface area contributed by atoms with Crippen molar-refractivity contribution < 1.29 is 27.4 Å². The number of aromatic nitrogens is 1. The van der Waals surface area contributed by atoms with E-state index in [0.29, 0.717) is 12.4 Å². The van der Waals surface area contributed by atoms with Crippen LogP contribution in [-0.4, -0.2) is 35.1 Å². The SMILES string of the molecule is O=C(c1ccccc1C(F)(F)F)N(Cc1ccc(OC[C@H]2CCCO2)cc1)Cc1cccnc1. The predicted molar refractivity (Wildman–Crippen MR) is 120 cm³/mol. The Morgan fingerprint density at radius 3 is 2.47 bits per heavy atom. The van der Waals surface area contributed by atoms with Gasteiger partial charge in [-0.3, -0.25) is 9.78 Å². The van der Waals surface area contributed by atoms with E-state index < -0.39 is 17.6 Å². The first kappa shape index (κ1) is 23.8. The molecule has 0 spiro atoms. The smallest absolute Gasteiger partial charge is 0.417 e. The second kappa shape index (κ2) is 10.7. The van der Waals surface area contributed by atoms with Crippen LogP contribution < -0.4 is 4.74 Å². The van der Waals surface area contributed by atoms with E-state index in [9.17, 15) is 18.0 Å². The van der Waals surface area contributed by atoms with Crippen LogP contribution in [0.15, 0.2) is 73.1 Å². The first-order valence-electron chi connectivity index (χ1n) is 11.1. The average molecular weight is 470 g/mol. The second-order valence-electron chi connectivity index (χ2n) is 8.16. The molecule has 8 heteroatoms. The standard InChI is InChI=1S/C26H25F3N2O3/c27-26(28,29)24-8-2-1-7-23(24)25(32)31(17-20-5-3-13-30-15-20)16-19-9-11-21(12-10-19)34-18-22-6-4-14-33-22/h1-3,5,7-13,15,22H,4,6,14,16-18H2/t22-/m1/s1. The van der Waals surface area contributed by atoms with Crippen LogP contribution in [0.25, 0.3) is 0 Å². The topological polar surface area (TPSA) is 51.7 Å². The van der Waals surface area contributed by atoms with Crippen LogP contribution in [0.2, 0.25) is 0 Å². The molecule has 1 aliphatic heterocycles. The number of benzene rings is 2. The molecule has 178 valence electrons. The minimum absolute atomic E-state index is 0.0981. The summed E-state index contributed by atoms with van der Waals surface area (Å²) in [6.07, 6.45) is 0.672. The summed E-state index contributed by atoms with van der Waals surface area (Å²) >= 11 is 0. The van der Waals surface area contributed by atoms with Crippen LogP contribution >= 0.6 is 0 Å². The Kier molecular flexibility index (Phi) is 7.47. The van der Waals surface area contributed by atoms with Gasteiger partial charge in [0.25, 0.3) is 5.91 Å². The van der Waals surface area contributed by atoms with E-state index in [1.165, 1.54) is 23.1 Å². The molecule has 1 atom stereocenters. The molecule has 0 radical (unpaired) electrons. The molecule has 1 saturated heterocycles. The molecule has 1 amide bonds. The van der Waals surface area contributed by atoms with Crippen molar-refractivity contribution in [3.63, 3.8) is 0 Å². The van der Waals surface area contributed by atoms with Crippen molar-refractivity contribution in [1.82, 2.24) is 9.88 Å². The van der Waals surface area contributed by atoms with Gasteiger partial charge < -0.3 is 14.4 Å². The monoisotopic (exact) mass is 470 g/mol. The largest absolute Gasteiger partial charge is 0.491 e. The molecule has 2 heterocycles. The summed E-state index contributed by atoms with van der Waals surface area (Å²) < 4.78 is 52.0. The van der Waals surface area contributed by atoms with E-state index in [-0.39, 0.29) is 24.8 Å². The van der Waals surface area contributed by atoms with Crippen molar-refractivity contribution in [2.45, 2.75) is 38.2 Å². The summed E-state index contributed by atoms with van der Waals surface area (Å²) in [6.45, 7) is 1.48. The Hall–Kier alpha value is -3.39. The third-order valence-corrected chi connectivity index (χ3v) is 5.60. The molecule has 1 fully saturated rings. The molecule has 4 rings (SSSR count). The summed E-state index contributed by atoms with van der Waals surface area (Å²) in [5.41, 5.74) is 0.160. The van der Waals surface area contributed by atoms with E-state index in [1.54, 1.807) is 36.7 Å². The lowest BCUT2D eigenvalue weighted by Gasteiger charge is -2.25. The van der Waals surface area contributed by atoms with Gasteiger partial charge in [0.1, 0.15) is 12.4 Å². The number of amides is 1. The maximum Gasteiger partial charge on any atom is 0.417 e. The number of carbonyl (C=O) groups is 1. The lowest BCUT2D eigenvalue weighted by Crippen LogP contribution is -2.31. The van der Waals surface area contributed by atoms with E-state index in [0.717, 1.165) is 36.6 Å². The Morgan fingerprint density at radius 1 is 1.03 bits per heavy atom. The van der Waals surface area contributed by atoms with Crippen LogP contribution in [0.3, 0.4) is 0 Å². The van der Waals surface area contributed by atoms with E-state index in [1.807, 2.05) is 12.1 Å². The Morgan fingerprint density at radius 2 is 1.79 bits per heavy atom. The van der Waals surface area contributed by atoms with Gasteiger partial charge in [-0.05, 0) is 54.3 Å². The molecular formula is C26H25F3N2O3. The number of halogens is 3. The number of hydrogen-bond acceptors (Lipinski definition) is 4. The Balaban J connectivity index is 1.53. The van der Waals surface area contributed by atoms with Gasteiger partial charge in [0.15, 0.2) is 0 Å². The van der Waals surface area contributed by atoms with Crippen molar-refractivity contribution in [2.75, 3.05) is 13.2 Å². The highest BCUT2D eigenvalue weighted by Gasteiger charge is 2.36. The quantitative estimate of drug-likeness (QED) is 0.436. The first-order valence-corrected chi connectivity index (χ1v) is 11.1. The molecule has 1 aliphatic rings. The van der Waals surface area contributed by atoms with Gasteiger partial charge in [-0.15, -0.1) is 0 Å². The molecule has 34 heavy (non-hydrogen) atoms. The van der Waals surface area contributed by atoms with Crippen molar-refractivity contribution in [3.05, 3.63) is 95.3 Å². The Bertz CT molecular complexity index is 1080. The Labute approximate surface area is 196 Å². The number of pyridine rings is 1. The lowest BCUT2D eigenvalue weighted by molar-refractivity contribution is -0.138. The fourth-order valence-corrected chi connectivity index (χ4v) is 3.88. The van der Waals surface area contributed by atoms with Crippen molar-refractivity contribution >= 4 is 5.91 Å². The maximum absolute atomic E-state index is 13.6. The molecule has 0 N–H and O–H groups in total. The van der Waals surface area contributed by atoms with Crippen molar-refractivity contribution in [1.29, 1.82) is 0 Å². The molecule has 2 aromatic carbocycles. The van der Waals surface area contributed by atoms with Crippen LogP contribution in [0, 0.1) is 0 Å². The maximum atomic E-state index is 13.6. The fourth-order valence-electron chi connectivity index (χ4n) is 3.88. The van der Waals surface area contributed by atoms with E-state index in [2.05, 4.69) is 4.98 Å². The summed E-state index contributed by atoms with van der Waals surface area (Å²) in [5.74, 6) is -0.0257. The summed E-state index contributed by atoms with van der Waals surface area (Å²) in [7, 11) is 0. The van der Waals surface area contributed by atoms with Gasteiger partial charge >= 0.3 is 6.18 Å². The zero-order chi connectivity index (χ0) is 24.0. The van der Waals surface area contributed by atoms with Gasteiger partial charge in [0.05, 0.1) is 17.2 Å². The van der Waals surface area contributed by atoms with Gasteiger partial charge in [0, 0.05) is 32.1 Å². The average Bonchev–Trinajstić information content (AvgIpc) is 3.37. The van der Waals surface area contributed by atoms with Crippen LogP contribution in [0.1, 0.15) is 39.9 Å². The number of ether oxygens (including phenoxy) is 2. The third-order valence-electron chi connectivity index (χ3n) is 5.60. The highest BCUT2D eigenvalue weighted by molar-refractivity contribution is 5.95. The number of alkyl halides is 3. The zero-order valence-corrected chi connectivity index (χ0v) is 18.5. The lowest BCUT2D eigenvalue weighted by atomic mass is 10.0. The van der Waals surface area contributed by atoms with Gasteiger partial charge in [-0.25, -0.2) is 0 Å². The zero-order valence-electron chi connectivity index (χ0n) is 18.5. The van der Waals surface area contributed by atoms with Crippen LogP contribution in [0.5, 0.6) is 5.75 Å². The van der Waals surface area contributed by atoms with Crippen LogP contribution in [-0.2, 0) is 24.0 Å². The van der Waals surface area contributed by atoms with E-state index >= 15 is 0 Å². The summed E-state index contributed by atoms with van der Waals surface area (Å²) in [4.78, 5) is 18.8. The molecule has 0 bridgehead atoms. The molecule has 0 aliphatic carbocycles. The molecule has 1 aromatic heterocycles. The molecule has 0 unspecified atom stereocenters. The van der Waals surface area contributed by atoms with Gasteiger partial charge in [-0.2, -0.15) is 13.2 Å². The molecule has 0 saturated carbocycles. The summed E-state index contributed by atoms with van der Waals surface area (Å²) in [5, 5.41) is 0. The third kappa shape index (κ3) is 6.14. The minimum atomic E-state index is -4.63. The van der Waals surface area contributed by atoms with Gasteiger partial charge in [-0.1, -0.05) is 30.3 Å². The molecule has 3 aromatic rings. The molecular weight excluding hydrogens is 445 g/mol. The van der Waals surface area contributed by atoms with Crippen molar-refractivity contribution in [2.24, 2.45) is 0 Å². The first-order chi connectivity index (χ1) is 16.4. The highest BCUT2D eigenvalue weighted by atomic mass is 19.4. The van der Waals surface area contributed by atoms with Crippen LogP contribution in [0.4, 0.5) is 13.2 Å².